The minimum absolute atomic E-state index is 0.0230. The number of halogens is 3. The molecule has 0 saturated heterocycles. The zero-order chi connectivity index (χ0) is 16.9. The molecule has 3 rings (SSSR count). The van der Waals surface area contributed by atoms with Gasteiger partial charge in [-0.3, -0.25) is 4.79 Å². The highest BCUT2D eigenvalue weighted by Crippen LogP contribution is 2.39. The third-order valence-corrected chi connectivity index (χ3v) is 3.70. The summed E-state index contributed by atoms with van der Waals surface area (Å²) >= 11 is 0. The van der Waals surface area contributed by atoms with Crippen LogP contribution in [-0.4, -0.2) is 9.97 Å². The largest absolute Gasteiger partial charge is 0.423 e. The number of allylic oxidation sites excluding steroid dienone is 1. The minimum atomic E-state index is -1.58. The number of nitrogens with zero attached hydrogens (tertiary/aromatic N) is 1. The summed E-state index contributed by atoms with van der Waals surface area (Å²) < 4.78 is 45.6. The van der Waals surface area contributed by atoms with E-state index in [-0.39, 0.29) is 22.9 Å². The lowest BCUT2D eigenvalue weighted by molar-refractivity contribution is 0.369. The number of nitrogens with one attached hydrogen (secondary N) is 1. The van der Waals surface area contributed by atoms with E-state index in [0.717, 1.165) is 12.1 Å². The number of aromatic nitrogens is 2. The highest BCUT2D eigenvalue weighted by molar-refractivity contribution is 5.48. The Morgan fingerprint density at radius 3 is 2.43 bits per heavy atom. The van der Waals surface area contributed by atoms with Crippen molar-refractivity contribution in [2.24, 2.45) is 5.73 Å². The van der Waals surface area contributed by atoms with Crippen molar-refractivity contribution < 1.29 is 17.9 Å². The summed E-state index contributed by atoms with van der Waals surface area (Å²) in [5.41, 5.74) is 5.73. The van der Waals surface area contributed by atoms with Crippen molar-refractivity contribution in [1.82, 2.24) is 9.97 Å². The standard InChI is InChI=1S/C15H12F3N3O2/c1-5-10(7-3-8(16)12(18)9(17)4-7)11-14(22)20-6(2)21-15(11)23-13(5)19/h3-4,10H,19H2,1-2H3,(H,20,21,22). The number of H-pyrrole nitrogens is 1. The molecule has 1 aromatic heterocycles. The third kappa shape index (κ3) is 2.36. The number of ether oxygens (including phenoxy) is 1. The Labute approximate surface area is 128 Å². The van der Waals surface area contributed by atoms with Crippen molar-refractivity contribution >= 4 is 0 Å². The van der Waals surface area contributed by atoms with Gasteiger partial charge in [0.1, 0.15) is 5.82 Å². The Morgan fingerprint density at radius 1 is 1.22 bits per heavy atom. The lowest BCUT2D eigenvalue weighted by atomic mass is 9.85. The van der Waals surface area contributed by atoms with Crippen LogP contribution >= 0.6 is 0 Å². The van der Waals surface area contributed by atoms with Crippen LogP contribution in [0.2, 0.25) is 0 Å². The molecular weight excluding hydrogens is 311 g/mol. The van der Waals surface area contributed by atoms with E-state index in [9.17, 15) is 18.0 Å². The highest BCUT2D eigenvalue weighted by Gasteiger charge is 2.33. The van der Waals surface area contributed by atoms with Gasteiger partial charge in [-0.25, -0.2) is 13.2 Å². The average molecular weight is 323 g/mol. The molecule has 1 aromatic carbocycles. The summed E-state index contributed by atoms with van der Waals surface area (Å²) in [6.07, 6.45) is 0. The van der Waals surface area contributed by atoms with E-state index >= 15 is 0 Å². The average Bonchev–Trinajstić information content (AvgIpc) is 2.46. The van der Waals surface area contributed by atoms with Crippen molar-refractivity contribution in [3.8, 4) is 5.88 Å². The second-order valence-corrected chi connectivity index (χ2v) is 5.25. The first-order valence-corrected chi connectivity index (χ1v) is 6.69. The van der Waals surface area contributed by atoms with Crippen molar-refractivity contribution in [2.75, 3.05) is 0 Å². The molecule has 1 aliphatic rings. The molecule has 0 bridgehead atoms. The number of nitrogens with two attached hydrogens (primary N) is 1. The summed E-state index contributed by atoms with van der Waals surface area (Å²) in [5.74, 6) is -4.93. The Morgan fingerprint density at radius 2 is 1.83 bits per heavy atom. The normalized spacial score (nSPS) is 17.0. The number of fused-ring (bicyclic) bond motifs is 1. The summed E-state index contributed by atoms with van der Waals surface area (Å²) in [7, 11) is 0. The van der Waals surface area contributed by atoms with Crippen molar-refractivity contribution in [1.29, 1.82) is 0 Å². The lowest BCUT2D eigenvalue weighted by Gasteiger charge is -2.26. The molecule has 0 radical (unpaired) electrons. The monoisotopic (exact) mass is 323 g/mol. The predicted molar refractivity (Wildman–Crippen MR) is 75.3 cm³/mol. The van der Waals surface area contributed by atoms with Crippen LogP contribution in [0.15, 0.2) is 28.4 Å². The Bertz CT molecular complexity index is 882. The first-order chi connectivity index (χ1) is 10.8. The molecule has 0 spiro atoms. The highest BCUT2D eigenvalue weighted by atomic mass is 19.2. The second kappa shape index (κ2) is 5.15. The molecule has 0 amide bonds. The maximum Gasteiger partial charge on any atom is 0.258 e. The summed E-state index contributed by atoms with van der Waals surface area (Å²) in [6.45, 7) is 3.11. The molecule has 120 valence electrons. The quantitative estimate of drug-likeness (QED) is 0.789. The van der Waals surface area contributed by atoms with Crippen LogP contribution in [0.1, 0.15) is 29.8 Å². The summed E-state index contributed by atoms with van der Waals surface area (Å²) in [5, 5.41) is 0. The van der Waals surface area contributed by atoms with Gasteiger partial charge in [-0.2, -0.15) is 4.98 Å². The smallest absolute Gasteiger partial charge is 0.258 e. The van der Waals surface area contributed by atoms with Crippen LogP contribution in [0, 0.1) is 24.4 Å². The molecule has 0 fully saturated rings. The van der Waals surface area contributed by atoms with Crippen molar-refractivity contribution in [2.45, 2.75) is 19.8 Å². The Balaban J connectivity index is 2.30. The van der Waals surface area contributed by atoms with Gasteiger partial charge < -0.3 is 15.5 Å². The van der Waals surface area contributed by atoms with Gasteiger partial charge in [0.15, 0.2) is 23.3 Å². The number of aromatic amines is 1. The molecule has 2 aromatic rings. The molecule has 8 heteroatoms. The van der Waals surface area contributed by atoms with E-state index in [1.807, 2.05) is 0 Å². The van der Waals surface area contributed by atoms with E-state index in [1.54, 1.807) is 13.8 Å². The van der Waals surface area contributed by atoms with E-state index in [0.29, 0.717) is 11.4 Å². The first kappa shape index (κ1) is 15.1. The first-order valence-electron chi connectivity index (χ1n) is 6.69. The number of hydrogen-bond donors (Lipinski definition) is 2. The molecule has 23 heavy (non-hydrogen) atoms. The Hall–Kier alpha value is -2.77. The van der Waals surface area contributed by atoms with Crippen molar-refractivity contribution in [3.05, 3.63) is 68.3 Å². The minimum Gasteiger partial charge on any atom is -0.423 e. The zero-order valence-electron chi connectivity index (χ0n) is 12.2. The zero-order valence-corrected chi connectivity index (χ0v) is 12.2. The Kier molecular flexibility index (Phi) is 3.39. The van der Waals surface area contributed by atoms with Gasteiger partial charge >= 0.3 is 0 Å². The molecular formula is C15H12F3N3O2. The second-order valence-electron chi connectivity index (χ2n) is 5.25. The van der Waals surface area contributed by atoms with Crippen LogP contribution in [0.4, 0.5) is 13.2 Å². The fraction of sp³-hybridized carbons (Fsp3) is 0.200. The SMILES string of the molecule is CC1=C(N)Oc2nc(C)[nH]c(=O)c2C1c1cc(F)c(F)c(F)c1. The number of aryl methyl sites for hydroxylation is 1. The van der Waals surface area contributed by atoms with Crippen LogP contribution < -0.4 is 16.0 Å². The topological polar surface area (TPSA) is 81.0 Å². The van der Waals surface area contributed by atoms with Gasteiger partial charge in [0, 0.05) is 5.92 Å². The maximum absolute atomic E-state index is 13.6. The fourth-order valence-electron chi connectivity index (χ4n) is 2.60. The number of hydrogen-bond acceptors (Lipinski definition) is 4. The van der Waals surface area contributed by atoms with Crippen LogP contribution in [-0.2, 0) is 0 Å². The van der Waals surface area contributed by atoms with Gasteiger partial charge in [-0.15, -0.1) is 0 Å². The molecule has 1 atom stereocenters. The van der Waals surface area contributed by atoms with Crippen LogP contribution in [0.5, 0.6) is 5.88 Å². The van der Waals surface area contributed by atoms with E-state index in [4.69, 9.17) is 10.5 Å². The fourth-order valence-corrected chi connectivity index (χ4v) is 2.60. The summed E-state index contributed by atoms with van der Waals surface area (Å²) in [6, 6.07) is 1.66. The third-order valence-electron chi connectivity index (χ3n) is 3.70. The molecule has 1 unspecified atom stereocenters. The van der Waals surface area contributed by atoms with E-state index in [1.165, 1.54) is 0 Å². The van der Waals surface area contributed by atoms with Gasteiger partial charge in [-0.05, 0) is 37.1 Å². The molecule has 2 heterocycles. The number of benzene rings is 1. The van der Waals surface area contributed by atoms with Gasteiger partial charge in [-0.1, -0.05) is 0 Å². The van der Waals surface area contributed by atoms with Gasteiger partial charge in [0.25, 0.3) is 5.56 Å². The number of rotatable bonds is 1. The molecule has 3 N–H and O–H groups in total. The van der Waals surface area contributed by atoms with E-state index < -0.39 is 28.9 Å². The predicted octanol–water partition coefficient (Wildman–Crippen LogP) is 2.21. The van der Waals surface area contributed by atoms with Gasteiger partial charge in [0.2, 0.25) is 5.88 Å². The van der Waals surface area contributed by atoms with E-state index in [2.05, 4.69) is 9.97 Å². The molecule has 0 saturated carbocycles. The van der Waals surface area contributed by atoms with Crippen LogP contribution in [0.3, 0.4) is 0 Å². The van der Waals surface area contributed by atoms with Crippen LogP contribution in [0.25, 0.3) is 0 Å². The lowest BCUT2D eigenvalue weighted by Crippen LogP contribution is -2.28. The van der Waals surface area contributed by atoms with Gasteiger partial charge in [0.05, 0.1) is 5.56 Å². The molecule has 1 aliphatic heterocycles. The van der Waals surface area contributed by atoms with Crippen molar-refractivity contribution in [3.63, 3.8) is 0 Å². The molecule has 5 nitrogen and oxygen atoms in total. The maximum atomic E-state index is 13.6. The molecule has 0 aliphatic carbocycles. The summed E-state index contributed by atoms with van der Waals surface area (Å²) in [4.78, 5) is 18.8.